The van der Waals surface area contributed by atoms with Gasteiger partial charge in [-0.1, -0.05) is 134 Å². The summed E-state index contributed by atoms with van der Waals surface area (Å²) in [7, 11) is -3.34. The van der Waals surface area contributed by atoms with Crippen molar-refractivity contribution in [3.05, 3.63) is 94.5 Å². The monoisotopic (exact) mass is 558 g/mol. The lowest BCUT2D eigenvalue weighted by Gasteiger charge is -2.38. The predicted octanol–water partition coefficient (Wildman–Crippen LogP) is 10.7. The largest absolute Gasteiger partial charge is 0.146 e. The van der Waals surface area contributed by atoms with Crippen molar-refractivity contribution in [3.63, 3.8) is 0 Å². The lowest BCUT2D eigenvalue weighted by atomic mass is 9.92. The summed E-state index contributed by atoms with van der Waals surface area (Å²) < 4.78 is 0. The molecule has 0 nitrogen and oxygen atoms in total. The van der Waals surface area contributed by atoms with Crippen LogP contribution in [0.15, 0.2) is 66.7 Å². The minimum Gasteiger partial charge on any atom is -0.127 e. The fourth-order valence-corrected chi connectivity index (χ4v) is 12.1. The van der Waals surface area contributed by atoms with Crippen LogP contribution in [0.25, 0.3) is 21.5 Å². The molecule has 0 spiro atoms. The smallest absolute Gasteiger partial charge is 0.127 e. The Hall–Kier alpha value is -3.05. The zero-order valence-electron chi connectivity index (χ0n) is 26.3. The molecule has 0 N–H and O–H groups in total. The maximum atomic E-state index is 4.02. The maximum Gasteiger partial charge on any atom is 0.146 e. The van der Waals surface area contributed by atoms with Crippen LogP contribution in [0.2, 0.25) is 36.3 Å². The highest BCUT2D eigenvalue weighted by atomic mass is 28.3. The van der Waals surface area contributed by atoms with Crippen molar-refractivity contribution in [1.82, 2.24) is 0 Å². The van der Waals surface area contributed by atoms with Crippen molar-refractivity contribution in [1.29, 1.82) is 0 Å². The summed E-state index contributed by atoms with van der Waals surface area (Å²) in [6, 6.07) is 24.7. The molecule has 0 bridgehead atoms. The highest BCUT2D eigenvalue weighted by Gasteiger charge is 2.41. The van der Waals surface area contributed by atoms with Crippen molar-refractivity contribution in [2.24, 2.45) is 0 Å². The summed E-state index contributed by atoms with van der Waals surface area (Å²) in [5.74, 6) is 7.44. The molecule has 4 aromatic rings. The summed E-state index contributed by atoms with van der Waals surface area (Å²) >= 11 is 0. The third-order valence-corrected chi connectivity index (χ3v) is 15.7. The van der Waals surface area contributed by atoms with Gasteiger partial charge in [-0.25, -0.2) is 0 Å². The summed E-state index contributed by atoms with van der Waals surface area (Å²) in [6.07, 6.45) is 0.860. The molecule has 40 heavy (non-hydrogen) atoms. The van der Waals surface area contributed by atoms with E-state index in [9.17, 15) is 0 Å². The Balaban J connectivity index is 1.89. The topological polar surface area (TPSA) is 0 Å². The van der Waals surface area contributed by atoms with Gasteiger partial charge in [0.25, 0.3) is 0 Å². The van der Waals surface area contributed by atoms with Crippen LogP contribution >= 0.6 is 0 Å². The van der Waals surface area contributed by atoms with Crippen LogP contribution < -0.4 is 0 Å². The standard InChI is InChI=1S/C38H46Si2/c1-27(2)40(28(3)4,29(5)6)24-22-37-34(20-19-32-13-11-12-14-36(32)37)25-31-16-18-33-17-15-30(7)35(38(33)26-31)21-23-39(8,9)10/h11-20,26-29H,25H2,1-10H3. The highest BCUT2D eigenvalue weighted by Crippen LogP contribution is 2.41. The Kier molecular flexibility index (Phi) is 8.85. The molecule has 206 valence electrons. The van der Waals surface area contributed by atoms with Gasteiger partial charge in [-0.3, -0.25) is 0 Å². The van der Waals surface area contributed by atoms with E-state index >= 15 is 0 Å². The molecule has 0 aliphatic rings. The van der Waals surface area contributed by atoms with E-state index < -0.39 is 16.1 Å². The van der Waals surface area contributed by atoms with E-state index in [1.54, 1.807) is 0 Å². The fraction of sp³-hybridized carbons (Fsp3) is 0.368. The third-order valence-electron chi connectivity index (χ3n) is 8.54. The van der Waals surface area contributed by atoms with Crippen LogP contribution in [-0.2, 0) is 6.42 Å². The molecular weight excluding hydrogens is 513 g/mol. The van der Waals surface area contributed by atoms with Crippen LogP contribution in [0.5, 0.6) is 0 Å². The number of fused-ring (bicyclic) bond motifs is 2. The molecule has 0 radical (unpaired) electrons. The van der Waals surface area contributed by atoms with Gasteiger partial charge in [-0.2, -0.15) is 0 Å². The second-order valence-electron chi connectivity index (χ2n) is 13.5. The number of aryl methyl sites for hydroxylation is 1. The minimum absolute atomic E-state index is 0.609. The molecule has 4 aromatic carbocycles. The Morgan fingerprint density at radius 2 is 1.20 bits per heavy atom. The van der Waals surface area contributed by atoms with Crippen LogP contribution in [0.3, 0.4) is 0 Å². The minimum atomic E-state index is -1.86. The molecule has 0 unspecified atom stereocenters. The SMILES string of the molecule is Cc1ccc2ccc(Cc3ccc4ccccc4c3C#C[Si](C(C)C)(C(C)C)C(C)C)cc2c1C#C[Si](C)(C)C. The van der Waals surface area contributed by atoms with E-state index in [1.807, 2.05) is 0 Å². The first-order valence-corrected chi connectivity index (χ1v) is 20.7. The van der Waals surface area contributed by atoms with E-state index in [-0.39, 0.29) is 0 Å². The molecule has 0 heterocycles. The zero-order chi connectivity index (χ0) is 29.2. The van der Waals surface area contributed by atoms with Crippen molar-refractivity contribution in [3.8, 4) is 22.9 Å². The predicted molar refractivity (Wildman–Crippen MR) is 184 cm³/mol. The molecule has 2 heteroatoms. The highest BCUT2D eigenvalue weighted by molar-refractivity contribution is 6.90. The Morgan fingerprint density at radius 3 is 1.85 bits per heavy atom. The van der Waals surface area contributed by atoms with Gasteiger partial charge in [-0.15, -0.1) is 11.1 Å². The van der Waals surface area contributed by atoms with Gasteiger partial charge in [0.2, 0.25) is 0 Å². The van der Waals surface area contributed by atoms with E-state index in [0.717, 1.165) is 6.42 Å². The first-order chi connectivity index (χ1) is 18.8. The molecule has 4 rings (SSSR count). The zero-order valence-corrected chi connectivity index (χ0v) is 28.3. The van der Waals surface area contributed by atoms with E-state index in [0.29, 0.717) is 16.6 Å². The van der Waals surface area contributed by atoms with E-state index in [2.05, 4.69) is 158 Å². The van der Waals surface area contributed by atoms with Crippen LogP contribution in [0.1, 0.15) is 69.4 Å². The van der Waals surface area contributed by atoms with Gasteiger partial charge in [0.1, 0.15) is 16.1 Å². The van der Waals surface area contributed by atoms with Crippen molar-refractivity contribution < 1.29 is 0 Å². The average Bonchev–Trinajstić information content (AvgIpc) is 2.88. The first kappa shape index (κ1) is 29.9. The van der Waals surface area contributed by atoms with E-state index in [1.165, 1.54) is 49.4 Å². The normalized spacial score (nSPS) is 12.1. The lowest BCUT2D eigenvalue weighted by Crippen LogP contribution is -2.43. The maximum absolute atomic E-state index is 4.02. The van der Waals surface area contributed by atoms with Crippen LogP contribution in [-0.4, -0.2) is 16.1 Å². The van der Waals surface area contributed by atoms with E-state index in [4.69, 9.17) is 0 Å². The van der Waals surface area contributed by atoms with Gasteiger partial charge in [0.15, 0.2) is 0 Å². The summed E-state index contributed by atoms with van der Waals surface area (Å²) in [4.78, 5) is 0. The van der Waals surface area contributed by atoms with Gasteiger partial charge in [0, 0.05) is 11.1 Å². The summed E-state index contributed by atoms with van der Waals surface area (Å²) in [5.41, 5.74) is 15.7. The molecule has 0 aliphatic heterocycles. The molecule has 0 atom stereocenters. The third kappa shape index (κ3) is 6.15. The van der Waals surface area contributed by atoms with Gasteiger partial charge < -0.3 is 0 Å². The Labute approximate surface area is 245 Å². The quantitative estimate of drug-likeness (QED) is 0.169. The number of rotatable bonds is 5. The number of benzene rings is 4. The summed E-state index contributed by atoms with van der Waals surface area (Å²) in [5, 5.41) is 5.06. The average molecular weight is 559 g/mol. The lowest BCUT2D eigenvalue weighted by molar-refractivity contribution is 0.838. The van der Waals surface area contributed by atoms with Crippen molar-refractivity contribution in [2.75, 3.05) is 0 Å². The molecule has 0 aliphatic carbocycles. The molecule has 0 saturated heterocycles. The second kappa shape index (κ2) is 11.8. The second-order valence-corrected chi connectivity index (χ2v) is 23.8. The molecule has 0 fully saturated rings. The molecular formula is C38H46Si2. The first-order valence-electron chi connectivity index (χ1n) is 14.9. The van der Waals surface area contributed by atoms with Crippen LogP contribution in [0, 0.1) is 29.9 Å². The van der Waals surface area contributed by atoms with Crippen LogP contribution in [0.4, 0.5) is 0 Å². The Morgan fingerprint density at radius 1 is 0.625 bits per heavy atom. The molecule has 0 amide bonds. The van der Waals surface area contributed by atoms with Crippen molar-refractivity contribution in [2.45, 2.75) is 91.2 Å². The van der Waals surface area contributed by atoms with Gasteiger partial charge >= 0.3 is 0 Å². The fourth-order valence-electron chi connectivity index (χ4n) is 6.44. The summed E-state index contributed by atoms with van der Waals surface area (Å²) in [6.45, 7) is 23.5. The molecule has 0 aromatic heterocycles. The van der Waals surface area contributed by atoms with Gasteiger partial charge in [-0.05, 0) is 74.3 Å². The van der Waals surface area contributed by atoms with Crippen molar-refractivity contribution >= 4 is 37.7 Å². The number of hydrogen-bond acceptors (Lipinski definition) is 0. The Bertz CT molecular complexity index is 1640. The van der Waals surface area contributed by atoms with Gasteiger partial charge in [0.05, 0.1) is 0 Å². The molecule has 0 saturated carbocycles. The number of hydrogen-bond donors (Lipinski definition) is 0.